The van der Waals surface area contributed by atoms with Crippen molar-refractivity contribution in [2.24, 2.45) is 22.6 Å². The molecule has 4 rings (SSSR count). The molecule has 0 aromatic rings. The molecule has 30 heavy (non-hydrogen) atoms. The van der Waals surface area contributed by atoms with Crippen molar-refractivity contribution in [3.05, 3.63) is 11.3 Å². The molecule has 2 fully saturated rings. The lowest BCUT2D eigenvalue weighted by atomic mass is 9.78. The molecule has 0 radical (unpaired) electrons. The number of hydrogen-bond donors (Lipinski definition) is 2. The Kier molecular flexibility index (Phi) is 5.17. The van der Waals surface area contributed by atoms with Crippen molar-refractivity contribution in [1.82, 2.24) is 10.2 Å². The van der Waals surface area contributed by atoms with Crippen LogP contribution in [-0.2, 0) is 28.5 Å². The molecule has 11 nitrogen and oxygen atoms in total. The summed E-state index contributed by atoms with van der Waals surface area (Å²) in [7, 11) is 4.47. The lowest BCUT2D eigenvalue weighted by molar-refractivity contribution is -0.138. The summed E-state index contributed by atoms with van der Waals surface area (Å²) >= 11 is 0. The molecule has 0 aromatic heterocycles. The van der Waals surface area contributed by atoms with E-state index in [0.29, 0.717) is 12.2 Å². The average molecular weight is 422 g/mol. The average Bonchev–Trinajstić information content (AvgIpc) is 3.33. The number of nitrogens with one attached hydrogen (secondary N) is 1. The lowest BCUT2D eigenvalue weighted by Crippen LogP contribution is -2.55. The third-order valence-electron chi connectivity index (χ3n) is 6.48. The number of carbonyl (C=O) groups excluding carboxylic acids is 3. The predicted octanol–water partition coefficient (Wildman–Crippen LogP) is -1.19. The number of fused-ring (bicyclic) bond motifs is 4. The Morgan fingerprint density at radius 2 is 2.03 bits per heavy atom. The number of carbonyl (C=O) groups is 3. The molecule has 164 valence electrons. The number of hydrogen-bond acceptors (Lipinski definition) is 10. The first-order valence-corrected chi connectivity index (χ1v) is 9.75. The van der Waals surface area contributed by atoms with Crippen molar-refractivity contribution in [3.8, 4) is 0 Å². The van der Waals surface area contributed by atoms with Crippen LogP contribution in [0.25, 0.3) is 0 Å². The Labute approximate surface area is 173 Å². The number of nitrogens with zero attached hydrogens (tertiary/aromatic N) is 2. The van der Waals surface area contributed by atoms with Gasteiger partial charge in [0.1, 0.15) is 6.61 Å². The predicted molar refractivity (Wildman–Crippen MR) is 102 cm³/mol. The molecule has 0 spiro atoms. The first-order valence-electron chi connectivity index (χ1n) is 9.75. The number of ether oxygens (including phenoxy) is 4. The van der Waals surface area contributed by atoms with Crippen molar-refractivity contribution in [3.63, 3.8) is 0 Å². The van der Waals surface area contributed by atoms with Gasteiger partial charge in [-0.3, -0.25) is 14.6 Å². The Morgan fingerprint density at radius 1 is 1.33 bits per heavy atom. The molecular formula is C19H26N4O7. The highest BCUT2D eigenvalue weighted by Crippen LogP contribution is 2.55. The summed E-state index contributed by atoms with van der Waals surface area (Å²) in [5, 5.41) is 3.32. The summed E-state index contributed by atoms with van der Waals surface area (Å²) in [5.74, 6) is -1.96. The monoisotopic (exact) mass is 422 g/mol. The number of rotatable bonds is 7. The molecule has 1 aliphatic carbocycles. The first kappa shape index (κ1) is 20.9. The largest absolute Gasteiger partial charge is 0.449 e. The van der Waals surface area contributed by atoms with Crippen LogP contribution >= 0.6 is 0 Å². The van der Waals surface area contributed by atoms with Crippen LogP contribution in [-0.4, -0.2) is 93.4 Å². The minimum absolute atomic E-state index is 0.0716. The van der Waals surface area contributed by atoms with E-state index in [2.05, 4.69) is 10.3 Å². The Balaban J connectivity index is 1.76. The molecule has 1 amide bonds. The first-order chi connectivity index (χ1) is 14.3. The maximum atomic E-state index is 13.5. The fourth-order valence-electron chi connectivity index (χ4n) is 5.01. The van der Waals surface area contributed by atoms with Gasteiger partial charge in [0.15, 0.2) is 17.8 Å². The second-order valence-corrected chi connectivity index (χ2v) is 7.80. The number of piperazine rings is 1. The SMILES string of the molecule is COC(CN=C1C(=O)C2=C(C(=O)C1C)N1CC3NC3C1(OC)C2COC(N)=O)OC. The standard InChI is InChI=1S/C19H26N4O7/c1-8-13(21-5-11(27-2)28-3)16(25)12-9(7-30-18(20)26)19(29-4)17-10(22-17)6-23(19)14(12)15(8)24/h8-11,17,22H,5-7H2,1-4H3,(H2,20,26). The van der Waals surface area contributed by atoms with Crippen LogP contribution in [0.15, 0.2) is 16.3 Å². The normalized spacial score (nSPS) is 35.8. The fraction of sp³-hybridized carbons (Fsp3) is 0.684. The molecule has 5 unspecified atom stereocenters. The van der Waals surface area contributed by atoms with Gasteiger partial charge in [-0.1, -0.05) is 0 Å². The van der Waals surface area contributed by atoms with Gasteiger partial charge in [0.2, 0.25) is 5.78 Å². The molecule has 3 N–H and O–H groups in total. The highest BCUT2D eigenvalue weighted by Gasteiger charge is 2.73. The van der Waals surface area contributed by atoms with E-state index in [-0.39, 0.29) is 48.1 Å². The van der Waals surface area contributed by atoms with E-state index >= 15 is 0 Å². The minimum atomic E-state index is -0.993. The molecule has 3 heterocycles. The summed E-state index contributed by atoms with van der Waals surface area (Å²) in [6.45, 7) is 2.08. The molecule has 3 aliphatic heterocycles. The number of aliphatic imine (C=N–C) groups is 1. The number of Topliss-reactive ketones (excluding diaryl/α,β-unsaturated/α-hetero) is 2. The molecule has 0 saturated carbocycles. The summed E-state index contributed by atoms with van der Waals surface area (Å²) < 4.78 is 21.3. The summed E-state index contributed by atoms with van der Waals surface area (Å²) in [6, 6.07) is 0.0600. The zero-order chi connectivity index (χ0) is 21.8. The molecule has 0 aromatic carbocycles. The number of allylic oxidation sites excluding steroid dienone is 1. The van der Waals surface area contributed by atoms with Crippen molar-refractivity contribution in [2.75, 3.05) is 41.0 Å². The van der Waals surface area contributed by atoms with Crippen LogP contribution in [0.4, 0.5) is 4.79 Å². The van der Waals surface area contributed by atoms with Gasteiger partial charge in [-0.05, 0) is 6.92 Å². The lowest BCUT2D eigenvalue weighted by Gasteiger charge is -2.39. The number of ketones is 2. The third-order valence-corrected chi connectivity index (χ3v) is 6.48. The van der Waals surface area contributed by atoms with E-state index in [9.17, 15) is 14.4 Å². The summed E-state index contributed by atoms with van der Waals surface area (Å²) in [4.78, 5) is 44.4. The van der Waals surface area contributed by atoms with Gasteiger partial charge in [0.05, 0.1) is 35.8 Å². The van der Waals surface area contributed by atoms with E-state index in [1.165, 1.54) is 21.3 Å². The minimum Gasteiger partial charge on any atom is -0.449 e. The highest BCUT2D eigenvalue weighted by molar-refractivity contribution is 6.53. The number of primary amides is 1. The Hall–Kier alpha value is -2.34. The van der Waals surface area contributed by atoms with Gasteiger partial charge >= 0.3 is 6.09 Å². The summed E-state index contributed by atoms with van der Waals surface area (Å²) in [5.41, 5.74) is 4.91. The van der Waals surface area contributed by atoms with E-state index < -0.39 is 29.9 Å². The summed E-state index contributed by atoms with van der Waals surface area (Å²) in [6.07, 6.45) is -1.59. The molecule has 2 saturated heterocycles. The van der Waals surface area contributed by atoms with Crippen LogP contribution < -0.4 is 11.1 Å². The van der Waals surface area contributed by atoms with Crippen LogP contribution in [0.3, 0.4) is 0 Å². The van der Waals surface area contributed by atoms with E-state index in [0.717, 1.165) is 0 Å². The van der Waals surface area contributed by atoms with Gasteiger partial charge < -0.3 is 34.9 Å². The molecule has 4 aliphatic rings. The molecule has 5 atom stereocenters. The van der Waals surface area contributed by atoms with Gasteiger partial charge in [0, 0.05) is 39.5 Å². The third kappa shape index (κ3) is 2.80. The van der Waals surface area contributed by atoms with Crippen molar-refractivity contribution in [2.45, 2.75) is 31.0 Å². The number of methoxy groups -OCH3 is 3. The quantitative estimate of drug-likeness (QED) is 0.381. The van der Waals surface area contributed by atoms with Crippen LogP contribution in [0.2, 0.25) is 0 Å². The zero-order valence-electron chi connectivity index (χ0n) is 17.3. The smallest absolute Gasteiger partial charge is 0.404 e. The van der Waals surface area contributed by atoms with E-state index in [1.54, 1.807) is 6.92 Å². The number of amides is 1. The van der Waals surface area contributed by atoms with E-state index in [4.69, 9.17) is 24.7 Å². The van der Waals surface area contributed by atoms with Gasteiger partial charge in [0.25, 0.3) is 0 Å². The fourth-order valence-corrected chi connectivity index (χ4v) is 5.01. The van der Waals surface area contributed by atoms with Crippen LogP contribution in [0, 0.1) is 11.8 Å². The molecular weight excluding hydrogens is 396 g/mol. The van der Waals surface area contributed by atoms with E-state index in [1.807, 2.05) is 4.90 Å². The molecule has 0 bridgehead atoms. The second-order valence-electron chi connectivity index (χ2n) is 7.80. The maximum Gasteiger partial charge on any atom is 0.404 e. The highest BCUT2D eigenvalue weighted by atomic mass is 16.7. The van der Waals surface area contributed by atoms with Crippen LogP contribution in [0.1, 0.15) is 6.92 Å². The van der Waals surface area contributed by atoms with Crippen molar-refractivity contribution in [1.29, 1.82) is 0 Å². The van der Waals surface area contributed by atoms with Crippen LogP contribution in [0.5, 0.6) is 0 Å². The van der Waals surface area contributed by atoms with Gasteiger partial charge in [-0.15, -0.1) is 0 Å². The van der Waals surface area contributed by atoms with Crippen molar-refractivity contribution >= 4 is 23.4 Å². The van der Waals surface area contributed by atoms with Gasteiger partial charge in [-0.25, -0.2) is 4.79 Å². The zero-order valence-corrected chi connectivity index (χ0v) is 17.3. The Bertz CT molecular complexity index is 852. The molecule has 11 heteroatoms. The van der Waals surface area contributed by atoms with Crippen molar-refractivity contribution < 1.29 is 33.3 Å². The van der Waals surface area contributed by atoms with Gasteiger partial charge in [-0.2, -0.15) is 0 Å². The number of nitrogens with two attached hydrogens (primary N) is 1. The topological polar surface area (TPSA) is 152 Å². The maximum absolute atomic E-state index is 13.5. The second kappa shape index (κ2) is 7.41. The Morgan fingerprint density at radius 3 is 2.63 bits per heavy atom.